The zero-order chi connectivity index (χ0) is 18.5. The number of amides is 2. The van der Waals surface area contributed by atoms with Gasteiger partial charge in [-0.1, -0.05) is 6.07 Å². The molecule has 1 aromatic carbocycles. The maximum Gasteiger partial charge on any atom is 0.408 e. The molecule has 0 aliphatic rings. The standard InChI is InChI=1S/C17H24N2O5/c1-10-7-8-12(15(21)23-6)13(9-10)19-14(20)11(2)18-16(22)24-17(3,4)5/h7-9,11H,1-6H3,(H,18,22)(H,19,20)/t11-/m0/s1. The Kier molecular flexibility index (Phi) is 6.34. The van der Waals surface area contributed by atoms with E-state index in [0.717, 1.165) is 5.56 Å². The first-order valence-electron chi connectivity index (χ1n) is 7.53. The van der Waals surface area contributed by atoms with Gasteiger partial charge >= 0.3 is 12.1 Å². The Bertz CT molecular complexity index is 634. The van der Waals surface area contributed by atoms with Crippen molar-refractivity contribution in [2.75, 3.05) is 12.4 Å². The third kappa shape index (κ3) is 5.91. The van der Waals surface area contributed by atoms with Crippen molar-refractivity contribution < 1.29 is 23.9 Å². The van der Waals surface area contributed by atoms with Crippen molar-refractivity contribution in [2.24, 2.45) is 0 Å². The third-order valence-corrected chi connectivity index (χ3v) is 2.96. The van der Waals surface area contributed by atoms with Crippen LogP contribution in [0.15, 0.2) is 18.2 Å². The number of hydrogen-bond acceptors (Lipinski definition) is 5. The van der Waals surface area contributed by atoms with Crippen LogP contribution in [-0.2, 0) is 14.3 Å². The molecule has 2 amide bonds. The molecule has 0 radical (unpaired) electrons. The molecule has 0 bridgehead atoms. The predicted molar refractivity (Wildman–Crippen MR) is 90.0 cm³/mol. The number of rotatable bonds is 4. The normalized spacial score (nSPS) is 12.1. The first-order chi connectivity index (χ1) is 11.0. The molecule has 0 aliphatic carbocycles. The van der Waals surface area contributed by atoms with Gasteiger partial charge in [-0.15, -0.1) is 0 Å². The monoisotopic (exact) mass is 336 g/mol. The van der Waals surface area contributed by atoms with Gasteiger partial charge in [-0.05, 0) is 52.3 Å². The molecule has 0 fully saturated rings. The number of benzene rings is 1. The minimum atomic E-state index is -0.842. The highest BCUT2D eigenvalue weighted by Crippen LogP contribution is 2.19. The molecule has 24 heavy (non-hydrogen) atoms. The second-order valence-electron chi connectivity index (χ2n) is 6.40. The molecule has 1 atom stereocenters. The Morgan fingerprint density at radius 3 is 2.33 bits per heavy atom. The van der Waals surface area contributed by atoms with E-state index in [-0.39, 0.29) is 5.56 Å². The lowest BCUT2D eigenvalue weighted by Crippen LogP contribution is -2.44. The molecule has 0 unspecified atom stereocenters. The molecule has 7 nitrogen and oxygen atoms in total. The van der Waals surface area contributed by atoms with E-state index in [1.54, 1.807) is 39.0 Å². The number of esters is 1. The van der Waals surface area contributed by atoms with E-state index in [2.05, 4.69) is 10.6 Å². The molecule has 0 aromatic heterocycles. The molecule has 1 rings (SSSR count). The lowest BCUT2D eigenvalue weighted by Gasteiger charge is -2.22. The average Bonchev–Trinajstić information content (AvgIpc) is 2.44. The van der Waals surface area contributed by atoms with E-state index < -0.39 is 29.6 Å². The summed E-state index contributed by atoms with van der Waals surface area (Å²) in [5, 5.41) is 5.07. The highest BCUT2D eigenvalue weighted by Gasteiger charge is 2.22. The van der Waals surface area contributed by atoms with Gasteiger partial charge in [-0.25, -0.2) is 9.59 Å². The summed E-state index contributed by atoms with van der Waals surface area (Å²) in [4.78, 5) is 35.7. The minimum absolute atomic E-state index is 0.237. The largest absolute Gasteiger partial charge is 0.465 e. The van der Waals surface area contributed by atoms with Crippen LogP contribution in [0.4, 0.5) is 10.5 Å². The van der Waals surface area contributed by atoms with E-state index in [4.69, 9.17) is 9.47 Å². The van der Waals surface area contributed by atoms with Gasteiger partial charge in [0.1, 0.15) is 11.6 Å². The van der Waals surface area contributed by atoms with Gasteiger partial charge in [0.15, 0.2) is 0 Å². The summed E-state index contributed by atoms with van der Waals surface area (Å²) < 4.78 is 9.80. The summed E-state index contributed by atoms with van der Waals surface area (Å²) in [5.41, 5.74) is 0.769. The number of ether oxygens (including phenoxy) is 2. The summed E-state index contributed by atoms with van der Waals surface area (Å²) in [6, 6.07) is 4.13. The van der Waals surface area contributed by atoms with Gasteiger partial charge in [-0.3, -0.25) is 4.79 Å². The first kappa shape index (κ1) is 19.5. The van der Waals surface area contributed by atoms with E-state index in [1.165, 1.54) is 14.0 Å². The van der Waals surface area contributed by atoms with Crippen LogP contribution in [-0.4, -0.2) is 36.7 Å². The Morgan fingerprint density at radius 2 is 1.79 bits per heavy atom. The predicted octanol–water partition coefficient (Wildman–Crippen LogP) is 2.63. The third-order valence-electron chi connectivity index (χ3n) is 2.96. The molecular formula is C17H24N2O5. The Labute approximate surface area is 141 Å². The fourth-order valence-corrected chi connectivity index (χ4v) is 1.84. The van der Waals surface area contributed by atoms with Gasteiger partial charge in [0.25, 0.3) is 0 Å². The Balaban J connectivity index is 2.82. The fraction of sp³-hybridized carbons (Fsp3) is 0.471. The molecule has 0 saturated heterocycles. The topological polar surface area (TPSA) is 93.7 Å². The van der Waals surface area contributed by atoms with Gasteiger partial charge in [0.05, 0.1) is 18.4 Å². The lowest BCUT2D eigenvalue weighted by atomic mass is 10.1. The number of anilines is 1. The maximum atomic E-state index is 12.3. The van der Waals surface area contributed by atoms with Crippen LogP contribution in [0.1, 0.15) is 43.6 Å². The smallest absolute Gasteiger partial charge is 0.408 e. The molecule has 1 aromatic rings. The van der Waals surface area contributed by atoms with Gasteiger partial charge in [0.2, 0.25) is 5.91 Å². The zero-order valence-corrected chi connectivity index (χ0v) is 14.9. The van der Waals surface area contributed by atoms with Crippen LogP contribution in [0.3, 0.4) is 0 Å². The molecule has 132 valence electrons. The highest BCUT2D eigenvalue weighted by atomic mass is 16.6. The van der Waals surface area contributed by atoms with Crippen molar-refractivity contribution in [3.05, 3.63) is 29.3 Å². The maximum absolute atomic E-state index is 12.3. The SMILES string of the molecule is COC(=O)c1ccc(C)cc1NC(=O)[C@H](C)NC(=O)OC(C)(C)C. The molecular weight excluding hydrogens is 312 g/mol. The second-order valence-corrected chi connectivity index (χ2v) is 6.40. The second kappa shape index (κ2) is 7.81. The zero-order valence-electron chi connectivity index (χ0n) is 14.9. The summed E-state index contributed by atoms with van der Waals surface area (Å²) in [5.74, 6) is -1.03. The van der Waals surface area contributed by atoms with Gasteiger partial charge in [0, 0.05) is 0 Å². The van der Waals surface area contributed by atoms with Gasteiger partial charge < -0.3 is 20.1 Å². The number of nitrogens with one attached hydrogen (secondary N) is 2. The van der Waals surface area contributed by atoms with Crippen molar-refractivity contribution in [2.45, 2.75) is 46.3 Å². The minimum Gasteiger partial charge on any atom is -0.465 e. The van der Waals surface area contributed by atoms with E-state index in [9.17, 15) is 14.4 Å². The highest BCUT2D eigenvalue weighted by molar-refractivity contribution is 6.03. The number of hydrogen-bond donors (Lipinski definition) is 2. The average molecular weight is 336 g/mol. The van der Waals surface area contributed by atoms with Crippen LogP contribution in [0.5, 0.6) is 0 Å². The fourth-order valence-electron chi connectivity index (χ4n) is 1.84. The van der Waals surface area contributed by atoms with Crippen LogP contribution in [0.25, 0.3) is 0 Å². The molecule has 0 spiro atoms. The van der Waals surface area contributed by atoms with E-state index in [1.807, 2.05) is 6.92 Å². The van der Waals surface area contributed by atoms with Crippen LogP contribution in [0.2, 0.25) is 0 Å². The van der Waals surface area contributed by atoms with Crippen molar-refractivity contribution >= 4 is 23.7 Å². The van der Waals surface area contributed by atoms with Crippen LogP contribution < -0.4 is 10.6 Å². The van der Waals surface area contributed by atoms with Crippen molar-refractivity contribution in [1.29, 1.82) is 0 Å². The number of alkyl carbamates (subject to hydrolysis) is 1. The Hall–Kier alpha value is -2.57. The van der Waals surface area contributed by atoms with E-state index in [0.29, 0.717) is 5.69 Å². The van der Waals surface area contributed by atoms with Crippen LogP contribution in [0, 0.1) is 6.92 Å². The molecule has 7 heteroatoms. The molecule has 0 aliphatic heterocycles. The number of methoxy groups -OCH3 is 1. The van der Waals surface area contributed by atoms with Crippen molar-refractivity contribution in [3.63, 3.8) is 0 Å². The lowest BCUT2D eigenvalue weighted by molar-refractivity contribution is -0.117. The number of carbonyl (C=O) groups excluding carboxylic acids is 3. The summed E-state index contributed by atoms with van der Waals surface area (Å²) in [7, 11) is 1.26. The quantitative estimate of drug-likeness (QED) is 0.824. The summed E-state index contributed by atoms with van der Waals surface area (Å²) >= 11 is 0. The first-order valence-corrected chi connectivity index (χ1v) is 7.53. The Morgan fingerprint density at radius 1 is 1.17 bits per heavy atom. The molecule has 0 heterocycles. The number of carbonyl (C=O) groups is 3. The van der Waals surface area contributed by atoms with Crippen molar-refractivity contribution in [3.8, 4) is 0 Å². The summed E-state index contributed by atoms with van der Waals surface area (Å²) in [6.45, 7) is 8.54. The van der Waals surface area contributed by atoms with Gasteiger partial charge in [-0.2, -0.15) is 0 Å². The molecule has 2 N–H and O–H groups in total. The van der Waals surface area contributed by atoms with Crippen molar-refractivity contribution in [1.82, 2.24) is 5.32 Å². The number of aryl methyl sites for hydroxylation is 1. The van der Waals surface area contributed by atoms with E-state index >= 15 is 0 Å². The summed E-state index contributed by atoms with van der Waals surface area (Å²) in [6.07, 6.45) is -0.692. The van der Waals surface area contributed by atoms with Crippen LogP contribution >= 0.6 is 0 Å². The molecule has 0 saturated carbocycles.